The van der Waals surface area contributed by atoms with Gasteiger partial charge in [0, 0.05) is 5.92 Å². The molecule has 7 heteroatoms. The van der Waals surface area contributed by atoms with E-state index in [9.17, 15) is 4.79 Å². The van der Waals surface area contributed by atoms with Gasteiger partial charge in [0.1, 0.15) is 0 Å². The maximum atomic E-state index is 9.92. The van der Waals surface area contributed by atoms with Crippen LogP contribution < -0.4 is 119 Å². The third kappa shape index (κ3) is 40.3. The van der Waals surface area contributed by atoms with Gasteiger partial charge in [-0.15, -0.1) is 0 Å². The molecule has 0 bridgehead atoms. The third-order valence-corrected chi connectivity index (χ3v) is 0.569. The molecule has 0 aliphatic carbocycles. The van der Waals surface area contributed by atoms with Gasteiger partial charge in [-0.05, 0) is 6.16 Å². The van der Waals surface area contributed by atoms with Gasteiger partial charge in [0.05, 0.1) is 0 Å². The summed E-state index contributed by atoms with van der Waals surface area (Å²) in [6, 6.07) is 0. The summed E-state index contributed by atoms with van der Waals surface area (Å²) >= 11 is 0. The van der Waals surface area contributed by atoms with E-state index in [0.717, 1.165) is 0 Å². The first kappa shape index (κ1) is 23.7. The van der Waals surface area contributed by atoms with Gasteiger partial charge >= 0.3 is 103 Å². The van der Waals surface area contributed by atoms with Crippen molar-refractivity contribution >= 4 is 12.1 Å². The molecule has 0 aliphatic heterocycles. The fraction of sp³-hybridized carbons (Fsp3) is 0.600. The van der Waals surface area contributed by atoms with Gasteiger partial charge < -0.3 is 20.7 Å². The third-order valence-electron chi connectivity index (χ3n) is 0.569. The molecule has 0 aromatic carbocycles. The largest absolute Gasteiger partial charge is 1.00 e. The van der Waals surface area contributed by atoms with E-state index in [0.29, 0.717) is 0 Å². The number of hydrogen-bond acceptors (Lipinski definition) is 4. The van der Waals surface area contributed by atoms with Crippen LogP contribution in [0.25, 0.3) is 0 Å². The Kier molecular flexibility index (Phi) is 30.5. The minimum atomic E-state index is -2.33. The minimum absolute atomic E-state index is 0. The fourth-order valence-corrected chi connectivity index (χ4v) is 0. The number of rotatable bonds is 1. The van der Waals surface area contributed by atoms with Crippen molar-refractivity contribution in [3.8, 4) is 0 Å². The maximum Gasteiger partial charge on any atom is 1.00 e. The molecule has 0 aromatic rings. The SMILES string of the molecule is CC(C)C(N)=O.O=C([O-])[O-].[K+].[K+]. The zero-order valence-corrected chi connectivity index (χ0v) is 14.0. The first-order valence-electron chi connectivity index (χ1n) is 2.55. The van der Waals surface area contributed by atoms with Crippen LogP contribution in [0.2, 0.25) is 0 Å². The molecule has 0 saturated carbocycles. The second kappa shape index (κ2) is 15.5. The summed E-state index contributed by atoms with van der Waals surface area (Å²) in [6.07, 6.45) is -2.33. The van der Waals surface area contributed by atoms with Crippen molar-refractivity contribution in [2.75, 3.05) is 0 Å². The van der Waals surface area contributed by atoms with E-state index in [4.69, 9.17) is 20.7 Å². The van der Waals surface area contributed by atoms with Crippen molar-refractivity contribution in [1.29, 1.82) is 0 Å². The molecule has 0 fully saturated rings. The molecule has 0 aromatic heterocycles. The summed E-state index contributed by atoms with van der Waals surface area (Å²) in [5.41, 5.74) is 4.80. The van der Waals surface area contributed by atoms with Gasteiger partial charge in [0.15, 0.2) is 0 Å². The van der Waals surface area contributed by atoms with Crippen molar-refractivity contribution in [3.05, 3.63) is 0 Å². The predicted octanol–water partition coefficient (Wildman–Crippen LogP) is -8.31. The number of amides is 1. The molecule has 0 unspecified atom stereocenters. The van der Waals surface area contributed by atoms with Gasteiger partial charge in [0.25, 0.3) is 0 Å². The van der Waals surface area contributed by atoms with E-state index in [-0.39, 0.29) is 115 Å². The smallest absolute Gasteiger partial charge is 0.652 e. The van der Waals surface area contributed by atoms with Crippen molar-refractivity contribution in [1.82, 2.24) is 0 Å². The maximum absolute atomic E-state index is 9.92. The molecule has 2 N–H and O–H groups in total. The van der Waals surface area contributed by atoms with Crippen LogP contribution in [-0.4, -0.2) is 12.1 Å². The number of nitrogens with two attached hydrogens (primary N) is 1. The van der Waals surface area contributed by atoms with E-state index in [1.54, 1.807) is 13.8 Å². The molecule has 12 heavy (non-hydrogen) atoms. The average Bonchev–Trinajstić information content (AvgIpc) is 1.63. The van der Waals surface area contributed by atoms with E-state index >= 15 is 0 Å². The second-order valence-corrected chi connectivity index (χ2v) is 1.81. The number of carbonyl (C=O) groups excluding carboxylic acids is 2. The van der Waals surface area contributed by atoms with Gasteiger partial charge in [-0.2, -0.15) is 0 Å². The van der Waals surface area contributed by atoms with Crippen LogP contribution in [0.4, 0.5) is 4.79 Å². The Balaban J connectivity index is -0.0000000483. The Hall–Kier alpha value is 2.01. The van der Waals surface area contributed by atoms with Crippen molar-refractivity contribution in [3.63, 3.8) is 0 Å². The van der Waals surface area contributed by atoms with Gasteiger partial charge in [-0.1, -0.05) is 13.8 Å². The normalized spacial score (nSPS) is 6.58. The number of carboxylic acid groups (broad SMARTS) is 2. The molecule has 0 heterocycles. The molecular formula is C5H9K2NO4. The Morgan fingerprint density at radius 3 is 1.25 bits per heavy atom. The van der Waals surface area contributed by atoms with E-state index in [1.807, 2.05) is 0 Å². The summed E-state index contributed by atoms with van der Waals surface area (Å²) in [5.74, 6) is -0.250. The van der Waals surface area contributed by atoms with Crippen molar-refractivity contribution < 1.29 is 123 Å². The summed E-state index contributed by atoms with van der Waals surface area (Å²) in [6.45, 7) is 3.53. The fourth-order valence-electron chi connectivity index (χ4n) is 0. The van der Waals surface area contributed by atoms with Crippen LogP contribution >= 0.6 is 0 Å². The topological polar surface area (TPSA) is 106 Å². The quantitative estimate of drug-likeness (QED) is 0.447. The molecular weight excluding hydrogens is 216 g/mol. The Morgan fingerprint density at radius 1 is 1.17 bits per heavy atom. The average molecular weight is 225 g/mol. The standard InChI is InChI=1S/C4H9NO.CH2O3.2K/c1-3(2)4(5)6;2-1(3)4;;/h3H,1-2H3,(H2,5,6);(H2,2,3,4);;/q;;2*+1/p-2. The van der Waals surface area contributed by atoms with Gasteiger partial charge in [-0.25, -0.2) is 0 Å². The zero-order valence-electron chi connectivity index (χ0n) is 7.79. The van der Waals surface area contributed by atoms with Crippen LogP contribution in [0.1, 0.15) is 13.8 Å². The molecule has 0 spiro atoms. The Morgan fingerprint density at radius 2 is 1.25 bits per heavy atom. The molecule has 60 valence electrons. The van der Waals surface area contributed by atoms with Crippen LogP contribution in [-0.2, 0) is 4.79 Å². The molecule has 0 rings (SSSR count). The monoisotopic (exact) mass is 225 g/mol. The molecule has 1 amide bonds. The summed E-state index contributed by atoms with van der Waals surface area (Å²) in [7, 11) is 0. The first-order chi connectivity index (χ1) is 4.37. The van der Waals surface area contributed by atoms with Crippen LogP contribution in [0.3, 0.4) is 0 Å². The minimum Gasteiger partial charge on any atom is -0.652 e. The Labute approximate surface area is 156 Å². The summed E-state index contributed by atoms with van der Waals surface area (Å²) < 4.78 is 0. The molecule has 5 nitrogen and oxygen atoms in total. The van der Waals surface area contributed by atoms with Crippen LogP contribution in [0.15, 0.2) is 0 Å². The van der Waals surface area contributed by atoms with E-state index < -0.39 is 6.16 Å². The first-order valence-corrected chi connectivity index (χ1v) is 2.55. The molecule has 0 saturated heterocycles. The number of carbonyl (C=O) groups is 2. The van der Waals surface area contributed by atoms with Crippen molar-refractivity contribution in [2.45, 2.75) is 13.8 Å². The molecule has 0 aliphatic rings. The van der Waals surface area contributed by atoms with Crippen LogP contribution in [0.5, 0.6) is 0 Å². The van der Waals surface area contributed by atoms with Crippen LogP contribution in [0, 0.1) is 5.92 Å². The molecule has 0 atom stereocenters. The van der Waals surface area contributed by atoms with Gasteiger partial charge in [-0.3, -0.25) is 4.79 Å². The second-order valence-electron chi connectivity index (χ2n) is 1.81. The summed E-state index contributed by atoms with van der Waals surface area (Å²) in [4.78, 5) is 18.3. The van der Waals surface area contributed by atoms with E-state index in [1.165, 1.54) is 0 Å². The van der Waals surface area contributed by atoms with Crippen molar-refractivity contribution in [2.24, 2.45) is 11.7 Å². The number of hydrogen-bond donors (Lipinski definition) is 1. The Bertz CT molecular complexity index is 125. The van der Waals surface area contributed by atoms with Gasteiger partial charge in [0.2, 0.25) is 5.91 Å². The zero-order chi connectivity index (χ0) is 8.73. The predicted molar refractivity (Wildman–Crippen MR) is 29.4 cm³/mol. The summed E-state index contributed by atoms with van der Waals surface area (Å²) in [5, 5.41) is 16.7. The number of primary amides is 1. The van der Waals surface area contributed by atoms with E-state index in [2.05, 4.69) is 0 Å². The molecule has 0 radical (unpaired) electrons.